The molecule has 1 unspecified atom stereocenters. The lowest BCUT2D eigenvalue weighted by Crippen LogP contribution is -2.36. The Kier molecular flexibility index (Phi) is 9.75. The second-order valence-electron chi connectivity index (χ2n) is 11.3. The average molecular weight is 535 g/mol. The maximum Gasteiger partial charge on any atom is 0.248 e. The molecule has 6 heteroatoms. The van der Waals surface area contributed by atoms with E-state index in [-0.39, 0.29) is 5.56 Å². The minimum absolute atomic E-state index is 0.0230. The summed E-state index contributed by atoms with van der Waals surface area (Å²) in [5.74, 6) is 0. The minimum atomic E-state index is 0.0230. The van der Waals surface area contributed by atoms with Crippen molar-refractivity contribution in [3.8, 4) is 0 Å². The van der Waals surface area contributed by atoms with Crippen molar-refractivity contribution in [2.45, 2.75) is 102 Å². The topological polar surface area (TPSA) is 69.8 Å². The first kappa shape index (κ1) is 27.2. The van der Waals surface area contributed by atoms with Crippen LogP contribution >= 0.6 is 11.6 Å². The number of rotatable bonds is 13. The van der Waals surface area contributed by atoms with E-state index in [1.165, 1.54) is 92.1 Å². The monoisotopic (exact) mass is 534 g/mol. The fraction of sp³-hybridized carbons (Fsp3) is 0.562. The van der Waals surface area contributed by atoms with Gasteiger partial charge in [0.2, 0.25) is 5.56 Å². The summed E-state index contributed by atoms with van der Waals surface area (Å²) in [6.45, 7) is 2.14. The van der Waals surface area contributed by atoms with E-state index in [1.807, 2.05) is 18.2 Å². The molecule has 0 amide bonds. The molecule has 0 radical (unpaired) electrons. The molecule has 0 fully saturated rings. The molecule has 0 saturated carbocycles. The number of hydrogen-bond acceptors (Lipinski definition) is 4. The van der Waals surface area contributed by atoms with E-state index in [9.17, 15) is 4.79 Å². The molecule has 2 aromatic heterocycles. The SMILES string of the molecule is O=c1ccc2c([nH]1)CCC(NCCCCCCCCCCNc1c3c(nc4cc(Cl)ccc14)CCCC3)C2. The van der Waals surface area contributed by atoms with Crippen LogP contribution in [0.25, 0.3) is 10.9 Å². The first-order valence-electron chi connectivity index (χ1n) is 15.0. The van der Waals surface area contributed by atoms with Crippen LogP contribution in [0.1, 0.15) is 93.1 Å². The molecule has 3 aromatic rings. The van der Waals surface area contributed by atoms with E-state index in [1.54, 1.807) is 6.07 Å². The number of nitrogens with zero attached hydrogens (tertiary/aromatic N) is 1. The fourth-order valence-corrected chi connectivity index (χ4v) is 6.42. The fourth-order valence-electron chi connectivity index (χ4n) is 6.25. The van der Waals surface area contributed by atoms with Crippen LogP contribution in [0.4, 0.5) is 5.69 Å². The quantitative estimate of drug-likeness (QED) is 0.204. The van der Waals surface area contributed by atoms with E-state index < -0.39 is 0 Å². The van der Waals surface area contributed by atoms with Gasteiger partial charge >= 0.3 is 0 Å². The predicted molar refractivity (Wildman–Crippen MR) is 160 cm³/mol. The van der Waals surface area contributed by atoms with Crippen LogP contribution in [0, 0.1) is 0 Å². The van der Waals surface area contributed by atoms with Crippen molar-refractivity contribution in [1.29, 1.82) is 0 Å². The molecule has 0 saturated heterocycles. The van der Waals surface area contributed by atoms with Crippen LogP contribution in [-0.4, -0.2) is 29.1 Å². The summed E-state index contributed by atoms with van der Waals surface area (Å²) in [6, 6.07) is 10.3. The van der Waals surface area contributed by atoms with Crippen molar-refractivity contribution in [1.82, 2.24) is 15.3 Å². The molecule has 5 nitrogen and oxygen atoms in total. The smallest absolute Gasteiger partial charge is 0.248 e. The number of pyridine rings is 2. The number of anilines is 1. The van der Waals surface area contributed by atoms with Gasteiger partial charge in [-0.15, -0.1) is 0 Å². The first-order chi connectivity index (χ1) is 18.7. The largest absolute Gasteiger partial charge is 0.384 e. The lowest BCUT2D eigenvalue weighted by atomic mass is 9.92. The Hall–Kier alpha value is -2.37. The van der Waals surface area contributed by atoms with E-state index >= 15 is 0 Å². The molecule has 38 heavy (non-hydrogen) atoms. The van der Waals surface area contributed by atoms with Gasteiger partial charge in [0.05, 0.1) is 5.52 Å². The van der Waals surface area contributed by atoms with Gasteiger partial charge in [-0.3, -0.25) is 9.78 Å². The zero-order chi connectivity index (χ0) is 26.2. The number of nitrogens with one attached hydrogen (secondary N) is 3. The Balaban J connectivity index is 0.929. The van der Waals surface area contributed by atoms with Crippen molar-refractivity contribution >= 4 is 28.2 Å². The van der Waals surface area contributed by atoms with Crippen LogP contribution in [0.2, 0.25) is 5.02 Å². The number of halogens is 1. The Morgan fingerprint density at radius 1 is 0.895 bits per heavy atom. The summed E-state index contributed by atoms with van der Waals surface area (Å²) in [6.07, 6.45) is 18.3. The number of hydrogen-bond donors (Lipinski definition) is 3. The maximum absolute atomic E-state index is 11.5. The summed E-state index contributed by atoms with van der Waals surface area (Å²) in [5, 5.41) is 9.51. The third-order valence-electron chi connectivity index (χ3n) is 8.37. The van der Waals surface area contributed by atoms with Crippen LogP contribution < -0.4 is 16.2 Å². The highest BCUT2D eigenvalue weighted by atomic mass is 35.5. The third kappa shape index (κ3) is 7.18. The van der Waals surface area contributed by atoms with Gasteiger partial charge in [-0.25, -0.2) is 0 Å². The van der Waals surface area contributed by atoms with Crippen LogP contribution in [0.3, 0.4) is 0 Å². The minimum Gasteiger partial charge on any atom is -0.384 e. The van der Waals surface area contributed by atoms with E-state index in [4.69, 9.17) is 16.6 Å². The maximum atomic E-state index is 11.5. The highest BCUT2D eigenvalue weighted by molar-refractivity contribution is 6.31. The number of aromatic nitrogens is 2. The second-order valence-corrected chi connectivity index (χ2v) is 11.7. The number of aryl methyl sites for hydroxylation is 2. The normalized spacial score (nSPS) is 16.8. The zero-order valence-corrected chi connectivity index (χ0v) is 23.5. The Morgan fingerprint density at radius 3 is 2.50 bits per heavy atom. The predicted octanol–water partition coefficient (Wildman–Crippen LogP) is 7.14. The first-order valence-corrected chi connectivity index (χ1v) is 15.3. The molecule has 2 aliphatic carbocycles. The lowest BCUT2D eigenvalue weighted by molar-refractivity contribution is 0.442. The van der Waals surface area contributed by atoms with Crippen molar-refractivity contribution in [3.63, 3.8) is 0 Å². The molecular formula is C32H43ClN4O. The molecule has 2 aliphatic rings. The lowest BCUT2D eigenvalue weighted by Gasteiger charge is -2.25. The van der Waals surface area contributed by atoms with Crippen LogP contribution in [0.5, 0.6) is 0 Å². The second kappa shape index (κ2) is 13.6. The van der Waals surface area contributed by atoms with Gasteiger partial charge in [0.25, 0.3) is 0 Å². The van der Waals surface area contributed by atoms with Crippen LogP contribution in [-0.2, 0) is 25.7 Å². The number of H-pyrrole nitrogens is 1. The number of benzene rings is 1. The number of aromatic amines is 1. The summed E-state index contributed by atoms with van der Waals surface area (Å²) in [4.78, 5) is 19.4. The molecule has 3 N–H and O–H groups in total. The average Bonchev–Trinajstić information content (AvgIpc) is 2.93. The van der Waals surface area contributed by atoms with Crippen molar-refractivity contribution < 1.29 is 0 Å². The molecule has 1 atom stereocenters. The van der Waals surface area contributed by atoms with Gasteiger partial charge in [0.15, 0.2) is 0 Å². The number of unbranched alkanes of at least 4 members (excludes halogenated alkanes) is 7. The van der Waals surface area contributed by atoms with Gasteiger partial charge in [-0.2, -0.15) is 0 Å². The summed E-state index contributed by atoms with van der Waals surface area (Å²) in [5.41, 5.74) is 7.51. The third-order valence-corrected chi connectivity index (χ3v) is 8.61. The van der Waals surface area contributed by atoms with E-state index in [2.05, 4.69) is 21.7 Å². The standard InChI is InChI=1S/C32H43ClN4O/c33-24-14-16-27-30(22-24)36-29-12-8-7-11-26(29)32(27)35-20-10-6-4-2-1-3-5-9-19-34-25-15-17-28-23(21-25)13-18-31(38)37-28/h13-14,16,18,22,25,34H,1-12,15,17,19-21H2,(H,35,36)(H,37,38). The van der Waals surface area contributed by atoms with Gasteiger partial charge in [-0.1, -0.05) is 56.2 Å². The Bertz CT molecular complexity index is 1270. The van der Waals surface area contributed by atoms with Crippen molar-refractivity contribution in [2.24, 2.45) is 0 Å². The van der Waals surface area contributed by atoms with Gasteiger partial charge in [0.1, 0.15) is 0 Å². The van der Waals surface area contributed by atoms with Gasteiger partial charge in [-0.05, 0) is 93.7 Å². The molecule has 0 spiro atoms. The molecular weight excluding hydrogens is 492 g/mol. The van der Waals surface area contributed by atoms with E-state index in [0.717, 1.165) is 61.4 Å². The molecule has 1 aromatic carbocycles. The van der Waals surface area contributed by atoms with Gasteiger partial charge < -0.3 is 15.6 Å². The van der Waals surface area contributed by atoms with Crippen molar-refractivity contribution in [2.75, 3.05) is 18.4 Å². The van der Waals surface area contributed by atoms with Gasteiger partial charge in [0, 0.05) is 46.1 Å². The molecule has 204 valence electrons. The van der Waals surface area contributed by atoms with Crippen molar-refractivity contribution in [3.05, 3.63) is 68.2 Å². The summed E-state index contributed by atoms with van der Waals surface area (Å²) in [7, 11) is 0. The summed E-state index contributed by atoms with van der Waals surface area (Å²) >= 11 is 6.26. The molecule has 0 aliphatic heterocycles. The Morgan fingerprint density at radius 2 is 1.66 bits per heavy atom. The highest BCUT2D eigenvalue weighted by Crippen LogP contribution is 2.34. The number of fused-ring (bicyclic) bond motifs is 3. The van der Waals surface area contributed by atoms with E-state index in [0.29, 0.717) is 6.04 Å². The molecule has 2 heterocycles. The zero-order valence-electron chi connectivity index (χ0n) is 22.7. The van der Waals surface area contributed by atoms with Crippen LogP contribution in [0.15, 0.2) is 35.1 Å². The molecule has 0 bridgehead atoms. The Labute approximate surface area is 232 Å². The molecule has 5 rings (SSSR count). The summed E-state index contributed by atoms with van der Waals surface area (Å²) < 4.78 is 0. The highest BCUT2D eigenvalue weighted by Gasteiger charge is 2.19.